The molecule has 2 aromatic rings. The molecule has 0 aromatic carbocycles. The lowest BCUT2D eigenvalue weighted by atomic mass is 9.95. The molecule has 1 saturated carbocycles. The number of aliphatic hydroxyl groups excluding tert-OH is 2. The number of hydrogen-bond acceptors (Lipinski definition) is 10. The molecular formula is C26H40N8O5. The average Bonchev–Trinajstić information content (AvgIpc) is 3.50. The third-order valence-electron chi connectivity index (χ3n) is 7.85. The topological polar surface area (TPSA) is 167 Å². The largest absolute Gasteiger partial charge is 0.387 e. The highest BCUT2D eigenvalue weighted by Gasteiger charge is 2.47. The van der Waals surface area contributed by atoms with Gasteiger partial charge in [0.1, 0.15) is 12.2 Å². The van der Waals surface area contributed by atoms with Gasteiger partial charge in [0, 0.05) is 25.7 Å². The molecule has 2 aliphatic heterocycles. The normalized spacial score (nSPS) is 26.5. The smallest absolute Gasteiger partial charge is 0.289 e. The zero-order chi connectivity index (χ0) is 27.4. The SMILES string of the molecule is CCNC(=O)[C@H]1O[C@@H](n2cnc3c(NC4CCCCC4)nc(C(=O)NCCN4CCCCC4)nc32)[C@@H](O)[C@@H]1O. The number of carbonyl (C=O) groups excluding carboxylic acids is 2. The molecule has 13 nitrogen and oxygen atoms in total. The number of likely N-dealkylation sites (N-methyl/N-ethyl adjacent to an activating group) is 1. The molecule has 4 atom stereocenters. The van der Waals surface area contributed by atoms with Crippen LogP contribution in [0.4, 0.5) is 5.82 Å². The van der Waals surface area contributed by atoms with E-state index in [-0.39, 0.29) is 17.5 Å². The van der Waals surface area contributed by atoms with Gasteiger partial charge < -0.3 is 35.8 Å². The van der Waals surface area contributed by atoms with Crippen LogP contribution in [0.2, 0.25) is 0 Å². The van der Waals surface area contributed by atoms with Crippen molar-refractivity contribution in [3.63, 3.8) is 0 Å². The first-order valence-corrected chi connectivity index (χ1v) is 14.3. The van der Waals surface area contributed by atoms with Crippen molar-refractivity contribution < 1.29 is 24.5 Å². The number of aliphatic hydroxyl groups is 2. The number of ether oxygens (including phenoxy) is 1. The number of likely N-dealkylation sites (tertiary alicyclic amines) is 1. The number of hydrogen-bond donors (Lipinski definition) is 5. The minimum Gasteiger partial charge on any atom is -0.387 e. The Morgan fingerprint density at radius 2 is 1.77 bits per heavy atom. The summed E-state index contributed by atoms with van der Waals surface area (Å²) in [6.07, 6.45) is 5.26. The Morgan fingerprint density at radius 3 is 2.51 bits per heavy atom. The molecule has 39 heavy (non-hydrogen) atoms. The van der Waals surface area contributed by atoms with Crippen LogP contribution in [0.1, 0.15) is 75.1 Å². The number of nitrogens with one attached hydrogen (secondary N) is 3. The fourth-order valence-electron chi connectivity index (χ4n) is 5.72. The number of imidazole rings is 1. The summed E-state index contributed by atoms with van der Waals surface area (Å²) in [5.74, 6) is -0.491. The fourth-order valence-corrected chi connectivity index (χ4v) is 5.72. The predicted octanol–water partition coefficient (Wildman–Crippen LogP) is 0.542. The van der Waals surface area contributed by atoms with E-state index >= 15 is 0 Å². The molecule has 214 valence electrons. The summed E-state index contributed by atoms with van der Waals surface area (Å²) in [7, 11) is 0. The van der Waals surface area contributed by atoms with Crippen molar-refractivity contribution in [2.75, 3.05) is 38.0 Å². The number of rotatable bonds is 9. The van der Waals surface area contributed by atoms with Gasteiger partial charge in [-0.05, 0) is 45.7 Å². The maximum absolute atomic E-state index is 13.2. The second-order valence-electron chi connectivity index (χ2n) is 10.7. The van der Waals surface area contributed by atoms with Gasteiger partial charge in [0.25, 0.3) is 11.8 Å². The molecule has 2 aromatic heterocycles. The maximum Gasteiger partial charge on any atom is 0.289 e. The van der Waals surface area contributed by atoms with Crippen LogP contribution >= 0.6 is 0 Å². The molecule has 5 rings (SSSR count). The molecule has 0 radical (unpaired) electrons. The number of amides is 2. The minimum absolute atomic E-state index is 0.0190. The lowest BCUT2D eigenvalue weighted by Crippen LogP contribution is -2.42. The van der Waals surface area contributed by atoms with Gasteiger partial charge in [-0.15, -0.1) is 0 Å². The molecule has 5 N–H and O–H groups in total. The van der Waals surface area contributed by atoms with Gasteiger partial charge in [0.2, 0.25) is 5.82 Å². The summed E-state index contributed by atoms with van der Waals surface area (Å²) in [5.41, 5.74) is 0.703. The summed E-state index contributed by atoms with van der Waals surface area (Å²) in [4.78, 5) is 41.5. The Kier molecular flexibility index (Phi) is 8.90. The number of carbonyl (C=O) groups is 2. The summed E-state index contributed by atoms with van der Waals surface area (Å²) in [6.45, 7) is 5.45. The molecule has 13 heteroatoms. The van der Waals surface area contributed by atoms with E-state index in [1.54, 1.807) is 6.92 Å². The second-order valence-corrected chi connectivity index (χ2v) is 10.7. The molecule has 2 amide bonds. The van der Waals surface area contributed by atoms with Crippen molar-refractivity contribution in [2.24, 2.45) is 0 Å². The Balaban J connectivity index is 1.41. The van der Waals surface area contributed by atoms with E-state index in [0.29, 0.717) is 24.4 Å². The Hall–Kier alpha value is -2.87. The van der Waals surface area contributed by atoms with E-state index < -0.39 is 36.4 Å². The van der Waals surface area contributed by atoms with Crippen LogP contribution in [0.25, 0.3) is 11.2 Å². The number of nitrogens with zero attached hydrogens (tertiary/aromatic N) is 5. The Bertz CT molecular complexity index is 1150. The van der Waals surface area contributed by atoms with E-state index in [1.807, 2.05) is 0 Å². The monoisotopic (exact) mass is 544 g/mol. The van der Waals surface area contributed by atoms with E-state index in [9.17, 15) is 19.8 Å². The molecule has 3 fully saturated rings. The highest BCUT2D eigenvalue weighted by atomic mass is 16.6. The third kappa shape index (κ3) is 6.16. The molecule has 0 unspecified atom stereocenters. The number of fused-ring (bicyclic) bond motifs is 1. The molecule has 1 aliphatic carbocycles. The summed E-state index contributed by atoms with van der Waals surface area (Å²) < 4.78 is 7.26. The number of piperidine rings is 1. The van der Waals surface area contributed by atoms with Crippen LogP contribution in [0.3, 0.4) is 0 Å². The van der Waals surface area contributed by atoms with Crippen molar-refractivity contribution in [1.82, 2.24) is 35.1 Å². The molecule has 0 bridgehead atoms. The van der Waals surface area contributed by atoms with Crippen molar-refractivity contribution in [1.29, 1.82) is 0 Å². The van der Waals surface area contributed by atoms with Gasteiger partial charge in [0.15, 0.2) is 29.3 Å². The van der Waals surface area contributed by atoms with Gasteiger partial charge in [0.05, 0.1) is 6.33 Å². The summed E-state index contributed by atoms with van der Waals surface area (Å²) in [5, 5.41) is 30.3. The van der Waals surface area contributed by atoms with Crippen LogP contribution in [0.5, 0.6) is 0 Å². The van der Waals surface area contributed by atoms with E-state index in [0.717, 1.165) is 45.3 Å². The zero-order valence-electron chi connectivity index (χ0n) is 22.5. The highest BCUT2D eigenvalue weighted by molar-refractivity contribution is 5.94. The van der Waals surface area contributed by atoms with E-state index in [4.69, 9.17) is 4.74 Å². The number of anilines is 1. The van der Waals surface area contributed by atoms with Crippen molar-refractivity contribution in [3.8, 4) is 0 Å². The molecule has 3 aliphatic rings. The van der Waals surface area contributed by atoms with Crippen LogP contribution in [0.15, 0.2) is 6.33 Å². The number of aromatic nitrogens is 4. The highest BCUT2D eigenvalue weighted by Crippen LogP contribution is 2.33. The van der Waals surface area contributed by atoms with Gasteiger partial charge in [-0.3, -0.25) is 14.2 Å². The van der Waals surface area contributed by atoms with Gasteiger partial charge in [-0.2, -0.15) is 0 Å². The lowest BCUT2D eigenvalue weighted by Gasteiger charge is -2.26. The van der Waals surface area contributed by atoms with Crippen LogP contribution < -0.4 is 16.0 Å². The van der Waals surface area contributed by atoms with Crippen LogP contribution in [0, 0.1) is 0 Å². The third-order valence-corrected chi connectivity index (χ3v) is 7.85. The van der Waals surface area contributed by atoms with Crippen LogP contribution in [-0.4, -0.2) is 104 Å². The van der Waals surface area contributed by atoms with Gasteiger partial charge in [-0.25, -0.2) is 15.0 Å². The van der Waals surface area contributed by atoms with Crippen LogP contribution in [-0.2, 0) is 9.53 Å². The van der Waals surface area contributed by atoms with Crippen molar-refractivity contribution in [2.45, 2.75) is 88.9 Å². The maximum atomic E-state index is 13.2. The van der Waals surface area contributed by atoms with Crippen molar-refractivity contribution in [3.05, 3.63) is 12.2 Å². The first-order valence-electron chi connectivity index (χ1n) is 14.3. The Labute approximate surface area is 227 Å². The second kappa shape index (κ2) is 12.5. The molecule has 2 saturated heterocycles. The average molecular weight is 545 g/mol. The predicted molar refractivity (Wildman–Crippen MR) is 143 cm³/mol. The summed E-state index contributed by atoms with van der Waals surface area (Å²) >= 11 is 0. The quantitative estimate of drug-likeness (QED) is 0.301. The standard InChI is InChI=1S/C26H40N8O5/c1-2-27-24(37)20-18(35)19(36)26(39-20)34-15-29-17-21(30-16-9-5-3-6-10-16)31-22(32-23(17)34)25(38)28-11-14-33-12-7-4-8-13-33/h15-16,18-20,26,35-36H,2-14H2,1H3,(H,27,37)(H,28,38)(H,30,31,32)/t18-,19-,20-,26+/m0/s1. The summed E-state index contributed by atoms with van der Waals surface area (Å²) in [6, 6.07) is 0.203. The fraction of sp³-hybridized carbons (Fsp3) is 0.731. The zero-order valence-corrected chi connectivity index (χ0v) is 22.5. The Morgan fingerprint density at radius 1 is 1.03 bits per heavy atom. The van der Waals surface area contributed by atoms with Crippen molar-refractivity contribution >= 4 is 28.8 Å². The lowest BCUT2D eigenvalue weighted by molar-refractivity contribution is -0.137. The first-order chi connectivity index (χ1) is 19.0. The molecular weight excluding hydrogens is 504 g/mol. The van der Waals surface area contributed by atoms with E-state index in [1.165, 1.54) is 36.6 Å². The van der Waals surface area contributed by atoms with Gasteiger partial charge in [-0.1, -0.05) is 25.7 Å². The molecule has 0 spiro atoms. The van der Waals surface area contributed by atoms with Gasteiger partial charge >= 0.3 is 0 Å². The minimum atomic E-state index is -1.43. The first kappa shape index (κ1) is 27.7. The van der Waals surface area contributed by atoms with E-state index in [2.05, 4.69) is 35.8 Å². The molecule has 4 heterocycles.